The fourth-order valence-electron chi connectivity index (χ4n) is 5.08. The lowest BCUT2D eigenvalue weighted by Gasteiger charge is -2.44. The van der Waals surface area contributed by atoms with Gasteiger partial charge in [0, 0.05) is 33.3 Å². The molecule has 2 aromatic rings. The highest BCUT2D eigenvalue weighted by atomic mass is 35.5. The molecule has 0 saturated carbocycles. The van der Waals surface area contributed by atoms with Gasteiger partial charge in [0.25, 0.3) is 0 Å². The molecule has 1 aliphatic heterocycles. The monoisotopic (exact) mass is 525 g/mol. The minimum absolute atomic E-state index is 0.0334. The van der Waals surface area contributed by atoms with Crippen LogP contribution in [0.3, 0.4) is 0 Å². The van der Waals surface area contributed by atoms with Crippen LogP contribution in [-0.4, -0.2) is 19.0 Å². The van der Waals surface area contributed by atoms with E-state index in [4.69, 9.17) is 38.4 Å². The van der Waals surface area contributed by atoms with Crippen LogP contribution in [0.15, 0.2) is 59.1 Å². The second-order valence-electron chi connectivity index (χ2n) is 9.67. The minimum Gasteiger partial charge on any atom is -0.494 e. The Bertz CT molecular complexity index is 1300. The number of halogens is 2. The molecule has 1 heterocycles. The molecule has 0 fully saturated rings. The van der Waals surface area contributed by atoms with E-state index in [9.17, 15) is 10.1 Å². The minimum atomic E-state index is -0.693. The van der Waals surface area contributed by atoms with Crippen molar-refractivity contribution in [1.29, 1.82) is 5.26 Å². The van der Waals surface area contributed by atoms with Crippen LogP contribution in [0.5, 0.6) is 11.5 Å². The van der Waals surface area contributed by atoms with Gasteiger partial charge < -0.3 is 15.2 Å². The summed E-state index contributed by atoms with van der Waals surface area (Å²) in [6.07, 6.45) is 0.920. The number of rotatable bonds is 6. The van der Waals surface area contributed by atoms with Gasteiger partial charge in [-0.3, -0.25) is 9.69 Å². The Morgan fingerprint density at radius 3 is 2.36 bits per heavy atom. The van der Waals surface area contributed by atoms with Crippen LogP contribution in [0.2, 0.25) is 10.0 Å². The number of anilines is 1. The molecule has 0 spiro atoms. The molecule has 1 unspecified atom stereocenters. The molecule has 0 aromatic heterocycles. The van der Waals surface area contributed by atoms with Crippen LogP contribution in [0.1, 0.15) is 52.0 Å². The fourth-order valence-corrected chi connectivity index (χ4v) is 5.59. The molecule has 8 heteroatoms. The van der Waals surface area contributed by atoms with Gasteiger partial charge in [-0.2, -0.15) is 5.26 Å². The number of carbonyl (C=O) groups excluding carboxylic acids is 1. The van der Waals surface area contributed by atoms with E-state index in [0.29, 0.717) is 64.4 Å². The summed E-state index contributed by atoms with van der Waals surface area (Å²) in [6.45, 7) is 8.79. The summed E-state index contributed by atoms with van der Waals surface area (Å²) in [5.41, 5.74) is 9.23. The molecule has 2 aliphatic rings. The van der Waals surface area contributed by atoms with Crippen LogP contribution in [0.4, 0.5) is 5.69 Å². The molecule has 0 radical (unpaired) electrons. The summed E-state index contributed by atoms with van der Waals surface area (Å²) < 4.78 is 11.7. The van der Waals surface area contributed by atoms with Crippen molar-refractivity contribution < 1.29 is 14.3 Å². The number of ketones is 1. The predicted octanol–water partition coefficient (Wildman–Crippen LogP) is 6.73. The highest BCUT2D eigenvalue weighted by molar-refractivity contribution is 6.35. The summed E-state index contributed by atoms with van der Waals surface area (Å²) in [5, 5.41) is 11.2. The standard InChI is InChI=1S/C28H29Cl2N3O3/c1-5-35-19-7-8-24(36-6-2)20(12-19)25-21(15-31)27(32)33(18-10-16(29)9-17(30)11-18)22-13-28(3,4)14-23(34)26(22)25/h7-12,25H,5-6,13-14,32H2,1-4H3. The van der Waals surface area contributed by atoms with Crippen molar-refractivity contribution in [3.63, 3.8) is 0 Å². The number of Topliss-reactive ketones (excluding diaryl/α,β-unsaturated/α-hetero) is 1. The van der Waals surface area contributed by atoms with Crippen molar-refractivity contribution in [2.45, 2.75) is 46.5 Å². The fraction of sp³-hybridized carbons (Fsp3) is 0.357. The number of hydrogen-bond acceptors (Lipinski definition) is 6. The Balaban J connectivity index is 2.04. The molecule has 0 saturated heterocycles. The van der Waals surface area contributed by atoms with Gasteiger partial charge in [0.15, 0.2) is 5.78 Å². The Kier molecular flexibility index (Phi) is 7.26. The van der Waals surface area contributed by atoms with Crippen molar-refractivity contribution in [1.82, 2.24) is 0 Å². The van der Waals surface area contributed by atoms with E-state index in [-0.39, 0.29) is 22.6 Å². The topological polar surface area (TPSA) is 88.6 Å². The second-order valence-corrected chi connectivity index (χ2v) is 10.5. The van der Waals surface area contributed by atoms with Crippen LogP contribution in [-0.2, 0) is 4.79 Å². The van der Waals surface area contributed by atoms with Gasteiger partial charge >= 0.3 is 0 Å². The number of nitriles is 1. The number of allylic oxidation sites excluding steroid dienone is 3. The third-order valence-corrected chi connectivity index (χ3v) is 6.83. The van der Waals surface area contributed by atoms with Crippen molar-refractivity contribution >= 4 is 34.7 Å². The molecule has 2 aromatic carbocycles. The van der Waals surface area contributed by atoms with E-state index in [1.807, 2.05) is 45.9 Å². The number of nitrogens with two attached hydrogens (primary N) is 1. The van der Waals surface area contributed by atoms with Crippen LogP contribution < -0.4 is 20.1 Å². The maximum Gasteiger partial charge on any atom is 0.162 e. The summed E-state index contributed by atoms with van der Waals surface area (Å²) in [4.78, 5) is 15.6. The van der Waals surface area contributed by atoms with E-state index in [1.54, 1.807) is 23.1 Å². The van der Waals surface area contributed by atoms with Crippen molar-refractivity contribution in [2.75, 3.05) is 18.1 Å². The molecule has 1 aliphatic carbocycles. The Morgan fingerprint density at radius 1 is 1.08 bits per heavy atom. The zero-order valence-electron chi connectivity index (χ0n) is 20.8. The zero-order valence-corrected chi connectivity index (χ0v) is 22.3. The molecule has 36 heavy (non-hydrogen) atoms. The van der Waals surface area contributed by atoms with Gasteiger partial charge in [-0.15, -0.1) is 0 Å². The lowest BCUT2D eigenvalue weighted by molar-refractivity contribution is -0.118. The van der Waals surface area contributed by atoms with Gasteiger partial charge in [-0.25, -0.2) is 0 Å². The summed E-state index contributed by atoms with van der Waals surface area (Å²) >= 11 is 12.7. The van der Waals surface area contributed by atoms with Crippen LogP contribution in [0.25, 0.3) is 0 Å². The smallest absolute Gasteiger partial charge is 0.162 e. The molecule has 188 valence electrons. The third-order valence-electron chi connectivity index (χ3n) is 6.39. The van der Waals surface area contributed by atoms with Gasteiger partial charge in [0.2, 0.25) is 0 Å². The summed E-state index contributed by atoms with van der Waals surface area (Å²) in [7, 11) is 0. The largest absolute Gasteiger partial charge is 0.494 e. The first-order valence-corrected chi connectivity index (χ1v) is 12.7. The first-order valence-electron chi connectivity index (χ1n) is 11.9. The zero-order chi connectivity index (χ0) is 26.2. The lowest BCUT2D eigenvalue weighted by Crippen LogP contribution is -2.42. The number of ether oxygens (including phenoxy) is 2. The van der Waals surface area contributed by atoms with E-state index in [2.05, 4.69) is 6.07 Å². The average molecular weight is 526 g/mol. The molecule has 6 nitrogen and oxygen atoms in total. The molecule has 0 bridgehead atoms. The van der Waals surface area contributed by atoms with Gasteiger partial charge in [-0.05, 0) is 62.1 Å². The third kappa shape index (κ3) is 4.78. The maximum atomic E-state index is 13.8. The van der Waals surface area contributed by atoms with Gasteiger partial charge in [0.1, 0.15) is 17.3 Å². The molecular weight excluding hydrogens is 497 g/mol. The Morgan fingerprint density at radius 2 is 1.75 bits per heavy atom. The molecule has 0 amide bonds. The second kappa shape index (κ2) is 10.1. The Labute approximate surface area is 221 Å². The number of carbonyl (C=O) groups is 1. The molecular formula is C28H29Cl2N3O3. The van der Waals surface area contributed by atoms with Crippen LogP contribution in [0, 0.1) is 16.7 Å². The van der Waals surface area contributed by atoms with E-state index < -0.39 is 5.92 Å². The maximum absolute atomic E-state index is 13.8. The quantitative estimate of drug-likeness (QED) is 0.449. The first-order chi connectivity index (χ1) is 17.1. The van der Waals surface area contributed by atoms with Crippen molar-refractivity contribution in [3.05, 3.63) is 74.7 Å². The summed E-state index contributed by atoms with van der Waals surface area (Å²) in [6, 6.07) is 12.9. The summed E-state index contributed by atoms with van der Waals surface area (Å²) in [5.74, 6) is 0.710. The van der Waals surface area contributed by atoms with E-state index >= 15 is 0 Å². The Hall–Kier alpha value is -3.14. The number of nitrogens with zero attached hydrogens (tertiary/aromatic N) is 2. The average Bonchev–Trinajstić information content (AvgIpc) is 2.78. The molecule has 2 N–H and O–H groups in total. The van der Waals surface area contributed by atoms with Crippen LogP contribution >= 0.6 is 23.2 Å². The molecule has 1 atom stereocenters. The van der Waals surface area contributed by atoms with Crippen molar-refractivity contribution in [3.8, 4) is 17.6 Å². The molecule has 4 rings (SSSR count). The number of benzene rings is 2. The number of hydrogen-bond donors (Lipinski definition) is 1. The van der Waals surface area contributed by atoms with E-state index in [1.165, 1.54) is 0 Å². The van der Waals surface area contributed by atoms with Gasteiger partial charge in [0.05, 0.1) is 36.5 Å². The lowest BCUT2D eigenvalue weighted by atomic mass is 9.68. The van der Waals surface area contributed by atoms with E-state index in [0.717, 1.165) is 5.70 Å². The first kappa shape index (κ1) is 25.9. The SMILES string of the molecule is CCOc1ccc(OCC)c(C2C(C#N)=C(N)N(c3cc(Cl)cc(Cl)c3)C3=C2C(=O)CC(C)(C)C3)c1. The normalized spacial score (nSPS) is 19.2. The predicted molar refractivity (Wildman–Crippen MR) is 142 cm³/mol. The highest BCUT2D eigenvalue weighted by Crippen LogP contribution is 2.52. The highest BCUT2D eigenvalue weighted by Gasteiger charge is 2.45. The van der Waals surface area contributed by atoms with Crippen molar-refractivity contribution in [2.24, 2.45) is 11.1 Å². The van der Waals surface area contributed by atoms with Gasteiger partial charge in [-0.1, -0.05) is 37.0 Å².